The zero-order valence-electron chi connectivity index (χ0n) is 10.8. The van der Waals surface area contributed by atoms with E-state index in [-0.39, 0.29) is 6.54 Å². The molecular formula is C13H16F3NO2. The molecule has 0 saturated heterocycles. The van der Waals surface area contributed by atoms with E-state index in [9.17, 15) is 18.0 Å². The van der Waals surface area contributed by atoms with Gasteiger partial charge in [-0.2, -0.15) is 13.2 Å². The van der Waals surface area contributed by atoms with Crippen LogP contribution in [0.5, 0.6) is 0 Å². The molecule has 1 aromatic carbocycles. The van der Waals surface area contributed by atoms with Crippen LogP contribution in [-0.4, -0.2) is 37.2 Å². The molecule has 1 atom stereocenters. The van der Waals surface area contributed by atoms with Crippen molar-refractivity contribution in [1.82, 2.24) is 4.90 Å². The minimum atomic E-state index is -4.41. The molecule has 1 rings (SSSR count). The number of hydrogen-bond acceptors (Lipinski definition) is 3. The van der Waals surface area contributed by atoms with E-state index in [1.54, 1.807) is 24.3 Å². The van der Waals surface area contributed by atoms with E-state index in [1.807, 2.05) is 6.07 Å². The van der Waals surface area contributed by atoms with Crippen molar-refractivity contribution in [3.05, 3.63) is 35.9 Å². The Balaban J connectivity index is 2.77. The van der Waals surface area contributed by atoms with Crippen molar-refractivity contribution in [2.24, 2.45) is 0 Å². The third kappa shape index (κ3) is 5.30. The fraction of sp³-hybridized carbons (Fsp3) is 0.462. The Morgan fingerprint density at radius 1 is 1.32 bits per heavy atom. The van der Waals surface area contributed by atoms with Crippen LogP contribution in [0.1, 0.15) is 12.0 Å². The van der Waals surface area contributed by atoms with E-state index >= 15 is 0 Å². The van der Waals surface area contributed by atoms with Gasteiger partial charge in [0.1, 0.15) is 6.04 Å². The number of rotatable bonds is 5. The predicted molar refractivity (Wildman–Crippen MR) is 64.4 cm³/mol. The van der Waals surface area contributed by atoms with Crippen molar-refractivity contribution in [3.8, 4) is 0 Å². The summed E-state index contributed by atoms with van der Waals surface area (Å²) in [6.07, 6.45) is -5.63. The Morgan fingerprint density at radius 2 is 1.89 bits per heavy atom. The van der Waals surface area contributed by atoms with Crippen LogP contribution >= 0.6 is 0 Å². The fourth-order valence-electron chi connectivity index (χ4n) is 1.76. The number of halogens is 3. The number of esters is 1. The molecule has 0 saturated carbocycles. The summed E-state index contributed by atoms with van der Waals surface area (Å²) >= 11 is 0. The fourth-order valence-corrected chi connectivity index (χ4v) is 1.76. The molecule has 0 N–H and O–H groups in total. The number of carbonyl (C=O) groups is 1. The van der Waals surface area contributed by atoms with Crippen molar-refractivity contribution in [2.75, 3.05) is 14.2 Å². The van der Waals surface area contributed by atoms with Crippen LogP contribution in [0.25, 0.3) is 0 Å². The van der Waals surface area contributed by atoms with Gasteiger partial charge in [0.15, 0.2) is 0 Å². The number of methoxy groups -OCH3 is 1. The normalized spacial score (nSPS) is 13.4. The van der Waals surface area contributed by atoms with Crippen molar-refractivity contribution in [2.45, 2.75) is 25.2 Å². The van der Waals surface area contributed by atoms with Gasteiger partial charge in [-0.1, -0.05) is 30.3 Å². The highest BCUT2D eigenvalue weighted by molar-refractivity contribution is 5.75. The first-order valence-electron chi connectivity index (χ1n) is 5.72. The summed E-state index contributed by atoms with van der Waals surface area (Å²) in [5, 5.41) is 0. The second-order valence-corrected chi connectivity index (χ2v) is 4.26. The van der Waals surface area contributed by atoms with Gasteiger partial charge in [-0.15, -0.1) is 0 Å². The molecule has 0 aliphatic rings. The van der Waals surface area contributed by atoms with E-state index in [1.165, 1.54) is 11.9 Å². The molecule has 3 nitrogen and oxygen atoms in total. The molecule has 19 heavy (non-hydrogen) atoms. The van der Waals surface area contributed by atoms with E-state index in [0.29, 0.717) is 0 Å². The summed E-state index contributed by atoms with van der Waals surface area (Å²) in [5.74, 6) is -0.879. The first kappa shape index (κ1) is 15.5. The molecule has 106 valence electrons. The Hall–Kier alpha value is -1.56. The standard InChI is InChI=1S/C13H16F3NO2/c1-17(9-10-6-4-3-5-7-10)11(12(18)19-2)8-13(14,15)16/h3-7,11H,8-9H2,1-2H3. The Morgan fingerprint density at radius 3 is 2.37 bits per heavy atom. The van der Waals surface area contributed by atoms with Gasteiger partial charge in [0.05, 0.1) is 13.5 Å². The summed E-state index contributed by atoms with van der Waals surface area (Å²) in [6, 6.07) is 7.65. The largest absolute Gasteiger partial charge is 0.468 e. The zero-order valence-corrected chi connectivity index (χ0v) is 10.8. The molecule has 0 bridgehead atoms. The van der Waals surface area contributed by atoms with Crippen molar-refractivity contribution >= 4 is 5.97 Å². The molecule has 0 heterocycles. The topological polar surface area (TPSA) is 29.5 Å². The molecule has 0 radical (unpaired) electrons. The predicted octanol–water partition coefficient (Wildman–Crippen LogP) is 2.61. The molecule has 0 amide bonds. The highest BCUT2D eigenvalue weighted by Gasteiger charge is 2.38. The van der Waals surface area contributed by atoms with Crippen LogP contribution < -0.4 is 0 Å². The summed E-state index contributed by atoms with van der Waals surface area (Å²) in [6.45, 7) is 0.247. The molecule has 0 aliphatic heterocycles. The minimum Gasteiger partial charge on any atom is -0.468 e. The smallest absolute Gasteiger partial charge is 0.391 e. The quantitative estimate of drug-likeness (QED) is 0.774. The lowest BCUT2D eigenvalue weighted by atomic mass is 10.1. The molecule has 0 fully saturated rings. The molecule has 0 aromatic heterocycles. The maximum atomic E-state index is 12.5. The lowest BCUT2D eigenvalue weighted by molar-refractivity contribution is -0.168. The third-order valence-corrected chi connectivity index (χ3v) is 2.70. The maximum Gasteiger partial charge on any atom is 0.391 e. The second-order valence-electron chi connectivity index (χ2n) is 4.26. The van der Waals surface area contributed by atoms with Gasteiger partial charge in [0.25, 0.3) is 0 Å². The minimum absolute atomic E-state index is 0.247. The summed E-state index contributed by atoms with van der Waals surface area (Å²) in [4.78, 5) is 12.8. The molecule has 1 aromatic rings. The maximum absolute atomic E-state index is 12.5. The Kier molecular flexibility index (Phi) is 5.35. The summed E-state index contributed by atoms with van der Waals surface area (Å²) in [5.41, 5.74) is 0.834. The average Bonchev–Trinajstić information content (AvgIpc) is 2.35. The monoisotopic (exact) mass is 275 g/mol. The molecule has 0 aliphatic carbocycles. The van der Waals surface area contributed by atoms with Crippen LogP contribution in [0.3, 0.4) is 0 Å². The number of alkyl halides is 3. The number of likely N-dealkylation sites (N-methyl/N-ethyl adjacent to an activating group) is 1. The first-order valence-corrected chi connectivity index (χ1v) is 5.72. The highest BCUT2D eigenvalue weighted by Crippen LogP contribution is 2.25. The van der Waals surface area contributed by atoms with Gasteiger partial charge in [0.2, 0.25) is 0 Å². The van der Waals surface area contributed by atoms with Gasteiger partial charge in [-0.3, -0.25) is 9.69 Å². The number of benzene rings is 1. The van der Waals surface area contributed by atoms with Gasteiger partial charge in [-0.25, -0.2) is 0 Å². The van der Waals surface area contributed by atoms with E-state index in [0.717, 1.165) is 12.7 Å². The summed E-state index contributed by atoms with van der Waals surface area (Å²) in [7, 11) is 2.56. The third-order valence-electron chi connectivity index (χ3n) is 2.70. The summed E-state index contributed by atoms with van der Waals surface area (Å²) < 4.78 is 41.8. The molecule has 0 spiro atoms. The van der Waals surface area contributed by atoms with Crippen LogP contribution in [0.2, 0.25) is 0 Å². The number of hydrogen-bond donors (Lipinski definition) is 0. The highest BCUT2D eigenvalue weighted by atomic mass is 19.4. The van der Waals surface area contributed by atoms with Crippen molar-refractivity contribution in [1.29, 1.82) is 0 Å². The van der Waals surface area contributed by atoms with Gasteiger partial charge in [0, 0.05) is 6.54 Å². The van der Waals surface area contributed by atoms with Crippen molar-refractivity contribution in [3.63, 3.8) is 0 Å². The Labute approximate surface area is 110 Å². The van der Waals surface area contributed by atoms with Crippen LogP contribution in [0, 0.1) is 0 Å². The van der Waals surface area contributed by atoms with Crippen molar-refractivity contribution < 1.29 is 22.7 Å². The average molecular weight is 275 g/mol. The lowest BCUT2D eigenvalue weighted by Crippen LogP contribution is -2.42. The van der Waals surface area contributed by atoms with Gasteiger partial charge < -0.3 is 4.74 Å². The SMILES string of the molecule is COC(=O)C(CC(F)(F)F)N(C)Cc1ccccc1. The molecule has 6 heteroatoms. The van der Waals surface area contributed by atoms with Gasteiger partial charge >= 0.3 is 12.1 Å². The first-order chi connectivity index (χ1) is 8.83. The second kappa shape index (κ2) is 6.56. The lowest BCUT2D eigenvalue weighted by Gasteiger charge is -2.26. The van der Waals surface area contributed by atoms with E-state index < -0.39 is 24.6 Å². The van der Waals surface area contributed by atoms with Crippen LogP contribution in [0.15, 0.2) is 30.3 Å². The van der Waals surface area contributed by atoms with E-state index in [2.05, 4.69) is 4.74 Å². The number of ether oxygens (including phenoxy) is 1. The van der Waals surface area contributed by atoms with E-state index in [4.69, 9.17) is 0 Å². The van der Waals surface area contributed by atoms with Crippen LogP contribution in [0.4, 0.5) is 13.2 Å². The Bertz CT molecular complexity index is 406. The van der Waals surface area contributed by atoms with Crippen LogP contribution in [-0.2, 0) is 16.1 Å². The zero-order chi connectivity index (χ0) is 14.5. The molecular weight excluding hydrogens is 259 g/mol. The number of nitrogens with zero attached hydrogens (tertiary/aromatic N) is 1. The molecule has 1 unspecified atom stereocenters. The van der Waals surface area contributed by atoms with Gasteiger partial charge in [-0.05, 0) is 12.6 Å². The number of carbonyl (C=O) groups excluding carboxylic acids is 1.